The SMILES string of the molecule is NCCCC[C@H](N)C(=O)OP(=O)(O)OP(=O)(O)O.[H-].[H-].[K+].[Na+]. The Kier molecular flexibility index (Phi) is 17.3. The number of hydrogen-bond donors (Lipinski definition) is 5. The molecule has 10 nitrogen and oxygen atoms in total. The van der Waals surface area contributed by atoms with E-state index in [0.717, 1.165) is 0 Å². The van der Waals surface area contributed by atoms with E-state index < -0.39 is 27.7 Å². The van der Waals surface area contributed by atoms with E-state index in [4.69, 9.17) is 26.1 Å². The molecule has 0 aliphatic rings. The molecule has 7 N–H and O–H groups in total. The maximum atomic E-state index is 11.2. The van der Waals surface area contributed by atoms with Gasteiger partial charge in [0.2, 0.25) is 0 Å². The van der Waals surface area contributed by atoms with Crippen molar-refractivity contribution in [1.29, 1.82) is 0 Å². The molecule has 0 aromatic carbocycles. The summed E-state index contributed by atoms with van der Waals surface area (Å²) in [4.78, 5) is 36.7. The maximum Gasteiger partial charge on any atom is 1.00 e. The van der Waals surface area contributed by atoms with Crippen LogP contribution in [0.25, 0.3) is 0 Å². The molecular weight excluding hydrogens is 352 g/mol. The van der Waals surface area contributed by atoms with Gasteiger partial charge < -0.3 is 28.6 Å². The van der Waals surface area contributed by atoms with Crippen LogP contribution in [0.2, 0.25) is 0 Å². The van der Waals surface area contributed by atoms with Gasteiger partial charge in [-0.25, -0.2) is 13.9 Å². The Labute approximate surface area is 183 Å². The third-order valence-electron chi connectivity index (χ3n) is 1.69. The molecule has 0 bridgehead atoms. The Morgan fingerprint density at radius 3 is 2.15 bits per heavy atom. The molecule has 0 aliphatic carbocycles. The van der Waals surface area contributed by atoms with Crippen LogP contribution in [0.1, 0.15) is 22.1 Å². The zero-order chi connectivity index (χ0) is 14.4. The molecule has 0 heterocycles. The minimum atomic E-state index is -5.25. The van der Waals surface area contributed by atoms with Crippen molar-refractivity contribution in [3.8, 4) is 0 Å². The smallest absolute Gasteiger partial charge is 1.00 e. The normalized spacial score (nSPS) is 15.2. The second-order valence-corrected chi connectivity index (χ2v) is 6.10. The first-order valence-electron chi connectivity index (χ1n) is 4.86. The largest absolute Gasteiger partial charge is 1.00 e. The van der Waals surface area contributed by atoms with Crippen LogP contribution in [0.15, 0.2) is 0 Å². The minimum Gasteiger partial charge on any atom is -1.00 e. The van der Waals surface area contributed by atoms with Gasteiger partial charge in [-0.05, 0) is 19.4 Å². The number of carbonyl (C=O) groups excluding carboxylic acids is 1. The molecule has 0 aliphatic heterocycles. The molecule has 0 aromatic rings. The molecule has 20 heavy (non-hydrogen) atoms. The van der Waals surface area contributed by atoms with Crippen LogP contribution in [0, 0.1) is 0 Å². The van der Waals surface area contributed by atoms with Crippen molar-refractivity contribution in [2.75, 3.05) is 6.54 Å². The third kappa shape index (κ3) is 15.2. The average molecular weight is 370 g/mol. The molecule has 0 aromatic heterocycles. The van der Waals surface area contributed by atoms with Crippen molar-refractivity contribution in [3.63, 3.8) is 0 Å². The summed E-state index contributed by atoms with van der Waals surface area (Å²) in [5.74, 6) is -1.29. The van der Waals surface area contributed by atoms with Gasteiger partial charge in [0, 0.05) is 0 Å². The predicted octanol–water partition coefficient (Wildman–Crippen LogP) is -6.57. The molecule has 0 saturated heterocycles. The Balaban J connectivity index is -0.000000241. The summed E-state index contributed by atoms with van der Waals surface area (Å²) in [6, 6.07) is -1.20. The van der Waals surface area contributed by atoms with Gasteiger partial charge in [-0.1, -0.05) is 6.42 Å². The van der Waals surface area contributed by atoms with Gasteiger partial charge in [0.1, 0.15) is 6.04 Å². The number of phosphoric acid groups is 2. The van der Waals surface area contributed by atoms with Gasteiger partial charge in [-0.15, -0.1) is 0 Å². The van der Waals surface area contributed by atoms with Crippen LogP contribution < -0.4 is 92.4 Å². The van der Waals surface area contributed by atoms with Crippen LogP contribution in [0.5, 0.6) is 0 Å². The van der Waals surface area contributed by atoms with Gasteiger partial charge in [-0.2, -0.15) is 4.31 Å². The molecule has 2 atom stereocenters. The third-order valence-corrected chi connectivity index (χ3v) is 3.77. The Hall–Kier alpha value is 2.33. The first-order chi connectivity index (χ1) is 8.07. The van der Waals surface area contributed by atoms with E-state index in [0.29, 0.717) is 19.4 Å². The van der Waals surface area contributed by atoms with Crippen molar-refractivity contribution in [1.82, 2.24) is 0 Å². The number of nitrogens with two attached hydrogens (primary N) is 2. The van der Waals surface area contributed by atoms with Gasteiger partial charge >= 0.3 is 103 Å². The fraction of sp³-hybridized carbons (Fsp3) is 0.833. The van der Waals surface area contributed by atoms with Crippen molar-refractivity contribution in [2.24, 2.45) is 11.5 Å². The van der Waals surface area contributed by atoms with E-state index in [9.17, 15) is 13.9 Å². The number of hydrogen-bond acceptors (Lipinski definition) is 7. The molecule has 1 unspecified atom stereocenters. The first kappa shape index (κ1) is 27.2. The summed E-state index contributed by atoms with van der Waals surface area (Å²) in [6.45, 7) is 0.404. The number of phosphoric ester groups is 1. The quantitative estimate of drug-likeness (QED) is 0.156. The average Bonchev–Trinajstić information content (AvgIpc) is 2.12. The van der Waals surface area contributed by atoms with Gasteiger partial charge in [0.05, 0.1) is 0 Å². The Bertz CT molecular complexity index is 390. The predicted molar refractivity (Wildman–Crippen MR) is 62.2 cm³/mol. The van der Waals surface area contributed by atoms with Crippen LogP contribution in [-0.2, 0) is 22.8 Å². The van der Waals surface area contributed by atoms with Gasteiger partial charge in [0.25, 0.3) is 0 Å². The van der Waals surface area contributed by atoms with Crippen molar-refractivity contribution >= 4 is 21.6 Å². The molecular formula is C6H18KN2NaO8P2. The molecule has 0 amide bonds. The monoisotopic (exact) mass is 370 g/mol. The van der Waals surface area contributed by atoms with Crippen LogP contribution >= 0.6 is 15.6 Å². The molecule has 0 rings (SSSR count). The van der Waals surface area contributed by atoms with Gasteiger partial charge in [0.15, 0.2) is 0 Å². The van der Waals surface area contributed by atoms with E-state index in [2.05, 4.69) is 8.83 Å². The van der Waals surface area contributed by atoms with E-state index >= 15 is 0 Å². The summed E-state index contributed by atoms with van der Waals surface area (Å²) in [6.07, 6.45) is 1.27. The standard InChI is InChI=1S/C6H16N2O8P2.K.Na.2H/c7-4-2-1-3-5(8)6(9)15-18(13,14)16-17(10,11)12;;;;/h5H,1-4,7-8H2,(H,13,14)(H2,10,11,12);;;;/q;2*+1;2*-1/t5-;;;;/m0..../s1. The summed E-state index contributed by atoms with van der Waals surface area (Å²) in [5, 5.41) is 0. The molecule has 0 radical (unpaired) electrons. The van der Waals surface area contributed by atoms with E-state index in [1.807, 2.05) is 0 Å². The topological polar surface area (TPSA) is 182 Å². The summed E-state index contributed by atoms with van der Waals surface area (Å²) in [7, 11) is -10.4. The van der Waals surface area contributed by atoms with Crippen molar-refractivity contribution in [2.45, 2.75) is 25.3 Å². The van der Waals surface area contributed by atoms with Gasteiger partial charge in [-0.3, -0.25) is 4.89 Å². The van der Waals surface area contributed by atoms with E-state index in [-0.39, 0.29) is 90.2 Å². The molecule has 112 valence electrons. The number of unbranched alkanes of at least 4 members (excludes halogenated alkanes) is 1. The van der Waals surface area contributed by atoms with Crippen molar-refractivity contribution in [3.05, 3.63) is 0 Å². The van der Waals surface area contributed by atoms with Crippen LogP contribution in [0.4, 0.5) is 0 Å². The summed E-state index contributed by atoms with van der Waals surface area (Å²) in [5.41, 5.74) is 10.5. The first-order valence-corrected chi connectivity index (χ1v) is 7.89. The molecule has 14 heteroatoms. The summed E-state index contributed by atoms with van der Waals surface area (Å²) < 4.78 is 28.6. The molecule has 0 fully saturated rings. The second kappa shape index (κ2) is 12.7. The minimum absolute atomic E-state index is 0. The van der Waals surface area contributed by atoms with E-state index in [1.165, 1.54) is 0 Å². The fourth-order valence-corrected chi connectivity index (χ4v) is 2.53. The number of rotatable bonds is 8. The van der Waals surface area contributed by atoms with Crippen molar-refractivity contribution < 1.29 is 121 Å². The van der Waals surface area contributed by atoms with Crippen LogP contribution in [0.3, 0.4) is 0 Å². The zero-order valence-corrected chi connectivity index (χ0v) is 18.2. The van der Waals surface area contributed by atoms with E-state index in [1.54, 1.807) is 0 Å². The summed E-state index contributed by atoms with van der Waals surface area (Å²) >= 11 is 0. The van der Waals surface area contributed by atoms with Crippen LogP contribution in [-0.4, -0.2) is 33.2 Å². The molecule has 0 spiro atoms. The fourth-order valence-electron chi connectivity index (χ4n) is 0.959. The second-order valence-electron chi connectivity index (χ2n) is 3.34. The maximum absolute atomic E-state index is 11.2. The zero-order valence-electron chi connectivity index (χ0n) is 13.3. The Morgan fingerprint density at radius 1 is 1.25 bits per heavy atom. The number of carbonyl (C=O) groups is 1. The Morgan fingerprint density at radius 2 is 1.75 bits per heavy atom. The molecule has 0 saturated carbocycles.